The zero-order chi connectivity index (χ0) is 34.2. The first-order valence-electron chi connectivity index (χ1n) is 17.5. The van der Waals surface area contributed by atoms with Crippen molar-refractivity contribution >= 4 is 65.3 Å². The lowest BCUT2D eigenvalue weighted by atomic mass is 10.0. The normalized spacial score (nSPS) is 11.8. The van der Waals surface area contributed by atoms with Crippen molar-refractivity contribution in [3.8, 4) is 39.9 Å². The van der Waals surface area contributed by atoms with Crippen molar-refractivity contribution in [2.45, 2.75) is 0 Å². The summed E-state index contributed by atoms with van der Waals surface area (Å²) in [5, 5.41) is 9.04. The average molecular weight is 665 g/mol. The first kappa shape index (κ1) is 28.7. The Hall–Kier alpha value is -7.11. The van der Waals surface area contributed by atoms with Gasteiger partial charge >= 0.3 is 0 Å². The van der Waals surface area contributed by atoms with Gasteiger partial charge in [0.25, 0.3) is 0 Å². The van der Waals surface area contributed by atoms with Gasteiger partial charge in [-0.1, -0.05) is 133 Å². The molecule has 11 aromatic rings. The number of fused-ring (bicyclic) bond motifs is 10. The molecule has 242 valence electrons. The van der Waals surface area contributed by atoms with Gasteiger partial charge in [0.05, 0.1) is 11.0 Å². The summed E-state index contributed by atoms with van der Waals surface area (Å²) in [5.41, 5.74) is 7.78. The van der Waals surface area contributed by atoms with Crippen LogP contribution in [-0.2, 0) is 0 Å². The van der Waals surface area contributed by atoms with E-state index in [0.717, 1.165) is 76.9 Å². The number of nitrogens with zero attached hydrogens (tertiary/aromatic N) is 4. The second-order valence-electron chi connectivity index (χ2n) is 13.2. The lowest BCUT2D eigenvalue weighted by molar-refractivity contribution is 0.673. The summed E-state index contributed by atoms with van der Waals surface area (Å²) in [6.07, 6.45) is 0. The predicted octanol–water partition coefficient (Wildman–Crippen LogP) is 12.2. The highest BCUT2D eigenvalue weighted by atomic mass is 16.3. The van der Waals surface area contributed by atoms with Crippen LogP contribution < -0.4 is 0 Å². The summed E-state index contributed by atoms with van der Waals surface area (Å²) in [4.78, 5) is 15.5. The van der Waals surface area contributed by atoms with Gasteiger partial charge in [-0.15, -0.1) is 0 Å². The number of hydrogen-bond donors (Lipinski definition) is 0. The molecule has 0 spiro atoms. The van der Waals surface area contributed by atoms with Crippen molar-refractivity contribution in [2.75, 3.05) is 0 Å². The summed E-state index contributed by atoms with van der Waals surface area (Å²) in [5.74, 6) is 1.82. The molecule has 3 heterocycles. The van der Waals surface area contributed by atoms with Gasteiger partial charge in [-0.3, -0.25) is 0 Å². The minimum absolute atomic E-state index is 0.588. The minimum atomic E-state index is 0.588. The smallest absolute Gasteiger partial charge is 0.164 e. The van der Waals surface area contributed by atoms with Crippen LogP contribution in [0.5, 0.6) is 0 Å². The van der Waals surface area contributed by atoms with Gasteiger partial charge in [-0.2, -0.15) is 0 Å². The van der Waals surface area contributed by atoms with E-state index in [1.807, 2.05) is 30.3 Å². The number of rotatable bonds is 4. The Bertz CT molecular complexity index is 3180. The molecule has 11 rings (SSSR count). The molecule has 0 saturated heterocycles. The number of hydrogen-bond acceptors (Lipinski definition) is 4. The molecule has 5 nitrogen and oxygen atoms in total. The first-order valence-corrected chi connectivity index (χ1v) is 17.5. The number of furan rings is 1. The van der Waals surface area contributed by atoms with E-state index >= 15 is 0 Å². The molecule has 0 unspecified atom stereocenters. The van der Waals surface area contributed by atoms with Crippen LogP contribution >= 0.6 is 0 Å². The highest BCUT2D eigenvalue weighted by Crippen LogP contribution is 2.41. The van der Waals surface area contributed by atoms with Crippen LogP contribution in [0.2, 0.25) is 0 Å². The van der Waals surface area contributed by atoms with Crippen LogP contribution in [0, 0.1) is 0 Å². The average Bonchev–Trinajstić information content (AvgIpc) is 3.77. The van der Waals surface area contributed by atoms with Crippen LogP contribution in [0.1, 0.15) is 0 Å². The third-order valence-electron chi connectivity index (χ3n) is 10.2. The van der Waals surface area contributed by atoms with E-state index in [2.05, 4.69) is 144 Å². The molecule has 0 bridgehead atoms. The van der Waals surface area contributed by atoms with E-state index in [1.54, 1.807) is 0 Å². The van der Waals surface area contributed by atoms with E-state index in [9.17, 15) is 0 Å². The van der Waals surface area contributed by atoms with Crippen molar-refractivity contribution in [1.82, 2.24) is 19.5 Å². The Labute approximate surface area is 298 Å². The lowest BCUT2D eigenvalue weighted by Crippen LogP contribution is -2.00. The molecule has 0 atom stereocenters. The fraction of sp³-hybridized carbons (Fsp3) is 0. The maximum absolute atomic E-state index is 6.57. The molecule has 0 fully saturated rings. The van der Waals surface area contributed by atoms with Gasteiger partial charge in [0.15, 0.2) is 17.5 Å². The van der Waals surface area contributed by atoms with Gasteiger partial charge in [0, 0.05) is 54.7 Å². The summed E-state index contributed by atoms with van der Waals surface area (Å²) in [7, 11) is 0. The van der Waals surface area contributed by atoms with E-state index in [-0.39, 0.29) is 0 Å². The summed E-state index contributed by atoms with van der Waals surface area (Å²) >= 11 is 0. The molecule has 52 heavy (non-hydrogen) atoms. The van der Waals surface area contributed by atoms with E-state index in [4.69, 9.17) is 19.4 Å². The molecule has 0 aliphatic rings. The Morgan fingerprint density at radius 2 is 1.06 bits per heavy atom. The van der Waals surface area contributed by atoms with Crippen LogP contribution in [0.3, 0.4) is 0 Å². The fourth-order valence-electron chi connectivity index (χ4n) is 7.84. The molecule has 5 heteroatoms. The SMILES string of the molecule is c1ccc(-c2nc(-c3ccc4c(c3)oc3c5ccccc5ccc43)nc(-c3cccc4c3c3ccc5ccccc5c3n4-c3ccccc3)n2)cc1. The number of benzene rings is 8. The van der Waals surface area contributed by atoms with Gasteiger partial charge in [-0.05, 0) is 47.2 Å². The molecule has 3 aromatic heterocycles. The molecule has 0 saturated carbocycles. The Morgan fingerprint density at radius 1 is 0.423 bits per heavy atom. The van der Waals surface area contributed by atoms with Crippen LogP contribution in [0.25, 0.3) is 105 Å². The highest BCUT2D eigenvalue weighted by Gasteiger charge is 2.21. The molecule has 0 aliphatic carbocycles. The largest absolute Gasteiger partial charge is 0.455 e. The van der Waals surface area contributed by atoms with Gasteiger partial charge in [-0.25, -0.2) is 15.0 Å². The third-order valence-corrected chi connectivity index (χ3v) is 10.2. The maximum Gasteiger partial charge on any atom is 0.164 e. The topological polar surface area (TPSA) is 56.7 Å². The van der Waals surface area contributed by atoms with E-state index < -0.39 is 0 Å². The van der Waals surface area contributed by atoms with Crippen LogP contribution in [0.4, 0.5) is 0 Å². The summed E-state index contributed by atoms with van der Waals surface area (Å²) < 4.78 is 8.94. The predicted molar refractivity (Wildman–Crippen MR) is 213 cm³/mol. The second kappa shape index (κ2) is 11.2. The molecular weight excluding hydrogens is 637 g/mol. The molecule has 0 amide bonds. The lowest BCUT2D eigenvalue weighted by Gasteiger charge is -2.10. The monoisotopic (exact) mass is 664 g/mol. The Balaban J connectivity index is 1.18. The molecule has 0 N–H and O–H groups in total. The van der Waals surface area contributed by atoms with Crippen LogP contribution in [-0.4, -0.2) is 19.5 Å². The highest BCUT2D eigenvalue weighted by molar-refractivity contribution is 6.22. The number of para-hydroxylation sites is 1. The van der Waals surface area contributed by atoms with Crippen molar-refractivity contribution in [3.63, 3.8) is 0 Å². The quantitative estimate of drug-likeness (QED) is 0.188. The van der Waals surface area contributed by atoms with E-state index in [1.165, 1.54) is 10.8 Å². The van der Waals surface area contributed by atoms with Gasteiger partial charge in [0.2, 0.25) is 0 Å². The molecule has 0 aliphatic heterocycles. The van der Waals surface area contributed by atoms with Gasteiger partial charge < -0.3 is 8.98 Å². The Kier molecular flexibility index (Phi) is 6.18. The summed E-state index contributed by atoms with van der Waals surface area (Å²) in [6.45, 7) is 0. The minimum Gasteiger partial charge on any atom is -0.455 e. The molecular formula is C47H28N4O. The molecule has 8 aromatic carbocycles. The van der Waals surface area contributed by atoms with Crippen LogP contribution in [0.15, 0.2) is 174 Å². The van der Waals surface area contributed by atoms with Crippen molar-refractivity contribution in [1.29, 1.82) is 0 Å². The molecule has 0 radical (unpaired) electrons. The van der Waals surface area contributed by atoms with E-state index in [0.29, 0.717) is 17.5 Å². The first-order chi connectivity index (χ1) is 25.8. The van der Waals surface area contributed by atoms with Gasteiger partial charge in [0.1, 0.15) is 11.2 Å². The standard InChI is InChI=1S/C47H28N4O/c1-3-14-31(15-4-1)45-48-46(32-24-25-36-37-26-22-30-13-8-10-19-35(30)44(37)52-41(36)28-32)50-47(49-45)39-20-11-21-40-42(39)38-27-23-29-12-7-9-18-34(29)43(38)51(40)33-16-5-2-6-17-33/h1-28H. The third kappa shape index (κ3) is 4.33. The maximum atomic E-state index is 6.57. The summed E-state index contributed by atoms with van der Waals surface area (Å²) in [6, 6.07) is 59.1. The van der Waals surface area contributed by atoms with Crippen molar-refractivity contribution < 1.29 is 4.42 Å². The number of aromatic nitrogens is 4. The Morgan fingerprint density at radius 3 is 1.87 bits per heavy atom. The zero-order valence-electron chi connectivity index (χ0n) is 27.9. The second-order valence-corrected chi connectivity index (χ2v) is 13.2. The van der Waals surface area contributed by atoms with Crippen molar-refractivity contribution in [2.24, 2.45) is 0 Å². The fourth-order valence-corrected chi connectivity index (χ4v) is 7.84. The zero-order valence-corrected chi connectivity index (χ0v) is 27.9. The van der Waals surface area contributed by atoms with Crippen molar-refractivity contribution in [3.05, 3.63) is 170 Å².